The minimum absolute atomic E-state index is 0.0830. The summed E-state index contributed by atoms with van der Waals surface area (Å²) < 4.78 is 31.6. The molecule has 2 fully saturated rings. The topological polar surface area (TPSA) is 139 Å². The number of pyridine rings is 1. The fourth-order valence-electron chi connectivity index (χ4n) is 6.10. The lowest BCUT2D eigenvalue weighted by Gasteiger charge is -2.49. The van der Waals surface area contributed by atoms with E-state index in [9.17, 15) is 19.2 Å². The average molecular weight is 525 g/mol. The van der Waals surface area contributed by atoms with E-state index in [0.717, 1.165) is 44.1 Å². The number of nitrogens with zero attached hydrogens (tertiary/aromatic N) is 4. The largest absolute Gasteiger partial charge is 0.381 e. The molecule has 2 aliphatic heterocycles. The van der Waals surface area contributed by atoms with E-state index in [4.69, 9.17) is 9.84 Å². The van der Waals surface area contributed by atoms with Gasteiger partial charge in [-0.1, -0.05) is 12.8 Å². The van der Waals surface area contributed by atoms with Gasteiger partial charge in [0.15, 0.2) is 5.82 Å². The summed E-state index contributed by atoms with van der Waals surface area (Å²) in [5, 5.41) is 18.3. The second-order valence-corrected chi connectivity index (χ2v) is 12.5. The number of nitriles is 1. The average Bonchev–Trinajstić information content (AvgIpc) is 3.39. The van der Waals surface area contributed by atoms with Crippen LogP contribution in [-0.2, 0) is 11.3 Å². The van der Waals surface area contributed by atoms with E-state index in [1.54, 1.807) is 18.3 Å². The summed E-state index contributed by atoms with van der Waals surface area (Å²) in [7, 11) is -3.11. The third kappa shape index (κ3) is 4.04. The Bertz CT molecular complexity index is 1440. The molecule has 0 radical (unpaired) electrons. The Morgan fingerprint density at radius 1 is 1.24 bits per heavy atom. The number of aromatic nitrogens is 3. The van der Waals surface area contributed by atoms with Gasteiger partial charge in [0.05, 0.1) is 28.4 Å². The molecule has 37 heavy (non-hydrogen) atoms. The summed E-state index contributed by atoms with van der Waals surface area (Å²) in [6, 6.07) is 9.65. The monoisotopic (exact) mass is 524 g/mol. The molecule has 0 amide bonds. The van der Waals surface area contributed by atoms with Crippen LogP contribution in [0.25, 0.3) is 10.9 Å². The number of anilines is 2. The zero-order valence-electron chi connectivity index (χ0n) is 20.8. The van der Waals surface area contributed by atoms with Crippen LogP contribution in [0.15, 0.2) is 40.2 Å². The van der Waals surface area contributed by atoms with Crippen molar-refractivity contribution >= 4 is 33.2 Å². The van der Waals surface area contributed by atoms with E-state index < -0.39 is 10.8 Å². The molecule has 0 bridgehead atoms. The van der Waals surface area contributed by atoms with Crippen LogP contribution in [0.4, 0.5) is 11.5 Å². The van der Waals surface area contributed by atoms with Gasteiger partial charge < -0.3 is 15.0 Å². The third-order valence-corrected chi connectivity index (χ3v) is 10.4. The van der Waals surface area contributed by atoms with Crippen LogP contribution in [0.2, 0.25) is 0 Å². The van der Waals surface area contributed by atoms with Crippen molar-refractivity contribution in [3.8, 4) is 6.07 Å². The number of fused-ring (bicyclic) bond motifs is 2. The van der Waals surface area contributed by atoms with Crippen LogP contribution in [-0.4, -0.2) is 46.9 Å². The van der Waals surface area contributed by atoms with Gasteiger partial charge in [0.25, 0.3) is 5.56 Å². The van der Waals surface area contributed by atoms with Crippen molar-refractivity contribution < 1.29 is 13.8 Å². The standard InChI is InChI=1S/C26H32N6O4S/c1-26(9-12-36-13-10-26)31-16-18-14-19(6-7-22(18)37(31,34)35)29-24-23-21(8-11-28-25(23)33)32(30-24)20-5-3-2-4-17(20)15-27/h6-8,11,14,17,20,34-35H,2-5,9-10,12-13,16H2,1H3,(H,28,33)(H,29,30)/t17-,20+/m1/s1. The Morgan fingerprint density at radius 3 is 2.81 bits per heavy atom. The summed E-state index contributed by atoms with van der Waals surface area (Å²) in [6.07, 6.45) is 6.80. The summed E-state index contributed by atoms with van der Waals surface area (Å²) in [6.45, 7) is 3.69. The highest BCUT2D eigenvalue weighted by Gasteiger charge is 2.46. The first-order chi connectivity index (χ1) is 17.8. The second kappa shape index (κ2) is 9.15. The molecule has 3 aliphatic rings. The molecule has 196 valence electrons. The van der Waals surface area contributed by atoms with Gasteiger partial charge in [-0.05, 0) is 62.4 Å². The molecule has 2 aromatic heterocycles. The quantitative estimate of drug-likeness (QED) is 0.368. The smallest absolute Gasteiger partial charge is 0.261 e. The first-order valence-electron chi connectivity index (χ1n) is 12.9. The van der Waals surface area contributed by atoms with Crippen molar-refractivity contribution in [2.75, 3.05) is 18.5 Å². The third-order valence-electron chi connectivity index (χ3n) is 8.25. The molecule has 10 nitrogen and oxygen atoms in total. The van der Waals surface area contributed by atoms with Gasteiger partial charge in [-0.3, -0.25) is 18.6 Å². The maximum atomic E-state index is 12.9. The maximum Gasteiger partial charge on any atom is 0.261 e. The number of nitrogens with one attached hydrogen (secondary N) is 2. The SMILES string of the molecule is CC1(N2Cc3cc(Nc4nn([C@H]5CCCC[C@@H]5C#N)c5cc[nH]c(=O)c45)ccc3S2(O)O)CCOCC1. The van der Waals surface area contributed by atoms with Gasteiger partial charge in [-0.25, -0.2) is 0 Å². The van der Waals surface area contributed by atoms with Gasteiger partial charge in [-0.2, -0.15) is 14.7 Å². The minimum Gasteiger partial charge on any atom is -0.381 e. The molecule has 11 heteroatoms. The summed E-state index contributed by atoms with van der Waals surface area (Å²) >= 11 is 0. The highest BCUT2D eigenvalue weighted by atomic mass is 32.3. The molecule has 3 aromatic rings. The van der Waals surface area contributed by atoms with E-state index in [1.807, 2.05) is 21.1 Å². The van der Waals surface area contributed by atoms with E-state index in [1.165, 1.54) is 0 Å². The van der Waals surface area contributed by atoms with Crippen LogP contribution in [0, 0.1) is 17.2 Å². The molecule has 2 atom stereocenters. The second-order valence-electron chi connectivity index (χ2n) is 10.6. The Labute approximate surface area is 216 Å². The molecule has 1 saturated heterocycles. The van der Waals surface area contributed by atoms with Crippen molar-refractivity contribution in [3.63, 3.8) is 0 Å². The lowest BCUT2D eigenvalue weighted by atomic mass is 9.85. The van der Waals surface area contributed by atoms with Gasteiger partial charge in [-0.15, -0.1) is 10.8 Å². The Hall–Kier alpha value is -2.88. The van der Waals surface area contributed by atoms with Crippen molar-refractivity contribution in [1.29, 1.82) is 5.26 Å². The molecule has 0 unspecified atom stereocenters. The van der Waals surface area contributed by atoms with Crippen molar-refractivity contribution in [3.05, 3.63) is 46.4 Å². The van der Waals surface area contributed by atoms with Crippen LogP contribution < -0.4 is 10.9 Å². The molecule has 4 N–H and O–H groups in total. The van der Waals surface area contributed by atoms with E-state index in [0.29, 0.717) is 47.1 Å². The first kappa shape index (κ1) is 24.5. The van der Waals surface area contributed by atoms with E-state index >= 15 is 0 Å². The lowest BCUT2D eigenvalue weighted by Crippen LogP contribution is -2.48. The van der Waals surface area contributed by atoms with Crippen molar-refractivity contribution in [2.24, 2.45) is 5.92 Å². The fraction of sp³-hybridized carbons (Fsp3) is 0.500. The highest BCUT2D eigenvalue weighted by molar-refractivity contribution is 8.22. The number of hydrogen-bond donors (Lipinski definition) is 4. The first-order valence-corrected chi connectivity index (χ1v) is 14.4. The Balaban J connectivity index is 1.35. The number of benzene rings is 1. The Morgan fingerprint density at radius 2 is 2.03 bits per heavy atom. The molecule has 1 saturated carbocycles. The number of aromatic amines is 1. The van der Waals surface area contributed by atoms with Crippen LogP contribution in [0.5, 0.6) is 0 Å². The predicted molar refractivity (Wildman–Crippen MR) is 142 cm³/mol. The number of hydrogen-bond acceptors (Lipinski definition) is 8. The molecule has 1 aliphatic carbocycles. The number of ether oxygens (including phenoxy) is 1. The molecule has 6 rings (SSSR count). The van der Waals surface area contributed by atoms with E-state index in [-0.39, 0.29) is 23.1 Å². The van der Waals surface area contributed by atoms with Crippen LogP contribution >= 0.6 is 10.8 Å². The van der Waals surface area contributed by atoms with Gasteiger partial charge >= 0.3 is 0 Å². The fourth-order valence-corrected chi connectivity index (χ4v) is 8.18. The molecule has 4 heterocycles. The zero-order valence-corrected chi connectivity index (χ0v) is 21.6. The Kier molecular flexibility index (Phi) is 6.05. The highest BCUT2D eigenvalue weighted by Crippen LogP contribution is 2.63. The minimum atomic E-state index is -3.11. The van der Waals surface area contributed by atoms with Crippen molar-refractivity contribution in [2.45, 2.75) is 68.5 Å². The zero-order chi connectivity index (χ0) is 25.8. The number of H-pyrrole nitrogens is 1. The van der Waals surface area contributed by atoms with Gasteiger partial charge in [0.2, 0.25) is 0 Å². The molecular formula is C26H32N6O4S. The van der Waals surface area contributed by atoms with Crippen LogP contribution in [0.1, 0.15) is 57.1 Å². The number of rotatable bonds is 4. The molecular weight excluding hydrogens is 492 g/mol. The van der Waals surface area contributed by atoms with Crippen LogP contribution in [0.3, 0.4) is 0 Å². The van der Waals surface area contributed by atoms with Crippen molar-refractivity contribution in [1.82, 2.24) is 19.1 Å². The normalized spacial score (nSPS) is 25.9. The predicted octanol–water partition coefficient (Wildman–Crippen LogP) is 5.13. The van der Waals surface area contributed by atoms with Gasteiger partial charge in [0.1, 0.15) is 5.39 Å². The summed E-state index contributed by atoms with van der Waals surface area (Å²) in [5.74, 6) is 0.281. The molecule has 1 aromatic carbocycles. The summed E-state index contributed by atoms with van der Waals surface area (Å²) in [4.78, 5) is 16.2. The van der Waals surface area contributed by atoms with Gasteiger partial charge in [0, 0.05) is 37.2 Å². The molecule has 0 spiro atoms. The lowest BCUT2D eigenvalue weighted by molar-refractivity contribution is 0.0107. The maximum absolute atomic E-state index is 12.9. The van der Waals surface area contributed by atoms with E-state index in [2.05, 4.69) is 23.3 Å². The summed E-state index contributed by atoms with van der Waals surface area (Å²) in [5.41, 5.74) is 1.65.